The molecule has 2 N–H and O–H groups in total. The number of sulfonamides is 1. The van der Waals surface area contributed by atoms with Gasteiger partial charge in [-0.2, -0.15) is 0 Å². The normalized spacial score (nSPS) is 11.0. The van der Waals surface area contributed by atoms with Crippen molar-refractivity contribution in [2.75, 3.05) is 15.8 Å². The maximum absolute atomic E-state index is 12.4. The van der Waals surface area contributed by atoms with E-state index >= 15 is 0 Å². The van der Waals surface area contributed by atoms with Gasteiger partial charge in [0.05, 0.1) is 10.7 Å². The summed E-state index contributed by atoms with van der Waals surface area (Å²) < 4.78 is 26.1. The molecule has 0 aromatic heterocycles. The van der Waals surface area contributed by atoms with E-state index in [0.29, 0.717) is 24.1 Å². The van der Waals surface area contributed by atoms with Gasteiger partial charge in [-0.05, 0) is 37.1 Å². The van der Waals surface area contributed by atoms with Gasteiger partial charge < -0.3 is 5.32 Å². The molecule has 0 radical (unpaired) electrons. The Hall–Kier alpha value is -2.94. The number of amides is 1. The molecule has 0 fully saturated rings. The number of anilines is 2. The second kappa shape index (κ2) is 8.63. The highest BCUT2D eigenvalue weighted by Gasteiger charge is 2.15. The fourth-order valence-electron chi connectivity index (χ4n) is 2.54. The first-order chi connectivity index (χ1) is 12.8. The maximum Gasteiger partial charge on any atom is 0.274 e. The molecule has 0 aliphatic heterocycles. The zero-order valence-electron chi connectivity index (χ0n) is 15.1. The highest BCUT2D eigenvalue weighted by atomic mass is 32.2. The van der Waals surface area contributed by atoms with E-state index in [9.17, 15) is 23.3 Å². The van der Waals surface area contributed by atoms with Crippen LogP contribution >= 0.6 is 0 Å². The van der Waals surface area contributed by atoms with Crippen LogP contribution in [0.2, 0.25) is 0 Å². The summed E-state index contributed by atoms with van der Waals surface area (Å²) in [6, 6.07) is 10.6. The third-order valence-electron chi connectivity index (χ3n) is 3.79. The van der Waals surface area contributed by atoms with Gasteiger partial charge in [-0.15, -0.1) is 0 Å². The van der Waals surface area contributed by atoms with E-state index in [4.69, 9.17) is 0 Å². The fraction of sp³-hybridized carbons (Fsp3) is 0.278. The van der Waals surface area contributed by atoms with Gasteiger partial charge in [-0.3, -0.25) is 19.6 Å². The lowest BCUT2D eigenvalue weighted by molar-refractivity contribution is -0.385. The van der Waals surface area contributed by atoms with Gasteiger partial charge in [-0.1, -0.05) is 26.0 Å². The molecule has 0 aliphatic rings. The number of nitro groups is 1. The van der Waals surface area contributed by atoms with Crippen molar-refractivity contribution in [2.45, 2.75) is 26.7 Å². The van der Waals surface area contributed by atoms with Crippen LogP contribution in [0.5, 0.6) is 0 Å². The Morgan fingerprint density at radius 1 is 1.11 bits per heavy atom. The Kier molecular flexibility index (Phi) is 6.51. The minimum atomic E-state index is -3.47. The lowest BCUT2D eigenvalue weighted by Crippen LogP contribution is -2.17. The van der Waals surface area contributed by atoms with Gasteiger partial charge in [0.15, 0.2) is 0 Å². The first-order valence-electron chi connectivity index (χ1n) is 8.45. The second-order valence-corrected chi connectivity index (χ2v) is 7.75. The number of hydrogen-bond donors (Lipinski definition) is 2. The van der Waals surface area contributed by atoms with Crippen LogP contribution in [0.15, 0.2) is 42.5 Å². The van der Waals surface area contributed by atoms with Gasteiger partial charge in [0.25, 0.3) is 11.6 Å². The predicted octanol–water partition coefficient (Wildman–Crippen LogP) is 3.56. The zero-order valence-corrected chi connectivity index (χ0v) is 15.9. The number of benzene rings is 2. The second-order valence-electron chi connectivity index (χ2n) is 5.91. The molecule has 144 valence electrons. The summed E-state index contributed by atoms with van der Waals surface area (Å²) in [6.45, 7) is 3.57. The number of carbonyl (C=O) groups is 1. The van der Waals surface area contributed by atoms with Crippen LogP contribution in [0, 0.1) is 10.1 Å². The van der Waals surface area contributed by atoms with Gasteiger partial charge >= 0.3 is 0 Å². The van der Waals surface area contributed by atoms with Gasteiger partial charge in [-0.25, -0.2) is 8.42 Å². The quantitative estimate of drug-likeness (QED) is 0.527. The molecule has 2 aromatic carbocycles. The summed E-state index contributed by atoms with van der Waals surface area (Å²) in [5.41, 5.74) is 1.32. The van der Waals surface area contributed by atoms with E-state index in [-0.39, 0.29) is 22.7 Å². The molecule has 0 aliphatic carbocycles. The van der Waals surface area contributed by atoms with E-state index in [1.165, 1.54) is 18.2 Å². The molecule has 0 spiro atoms. The molecular formula is C18H21N3O5S. The lowest BCUT2D eigenvalue weighted by Gasteiger charge is -2.10. The summed E-state index contributed by atoms with van der Waals surface area (Å²) in [6.07, 6.45) is 0.979. The molecule has 1 amide bonds. The smallest absolute Gasteiger partial charge is 0.274 e. The number of carbonyl (C=O) groups excluding carboxylic acids is 1. The molecule has 8 nitrogen and oxygen atoms in total. The average Bonchev–Trinajstić information content (AvgIpc) is 2.61. The molecule has 0 bridgehead atoms. The monoisotopic (exact) mass is 391 g/mol. The Bertz CT molecular complexity index is 957. The Morgan fingerprint density at radius 3 is 2.48 bits per heavy atom. The van der Waals surface area contributed by atoms with E-state index in [0.717, 1.165) is 0 Å². The van der Waals surface area contributed by atoms with Crippen LogP contribution in [-0.2, 0) is 16.4 Å². The summed E-state index contributed by atoms with van der Waals surface area (Å²) >= 11 is 0. The fourth-order valence-corrected chi connectivity index (χ4v) is 3.66. The van der Waals surface area contributed by atoms with E-state index in [1.54, 1.807) is 31.2 Å². The molecule has 0 atom stereocenters. The van der Waals surface area contributed by atoms with Gasteiger partial charge in [0.2, 0.25) is 10.0 Å². The summed E-state index contributed by atoms with van der Waals surface area (Å²) in [5.74, 6) is -0.512. The van der Waals surface area contributed by atoms with Crippen molar-refractivity contribution in [3.63, 3.8) is 0 Å². The highest BCUT2D eigenvalue weighted by molar-refractivity contribution is 7.92. The number of nitro benzene ring substituents is 1. The SMILES string of the molecule is CCCS(=O)(=O)Nc1cccc(C(=O)Nc2ccc(CC)c([N+](=O)[O-])c2)c1. The average molecular weight is 391 g/mol. The minimum Gasteiger partial charge on any atom is -0.322 e. The molecule has 27 heavy (non-hydrogen) atoms. The lowest BCUT2D eigenvalue weighted by atomic mass is 10.1. The topological polar surface area (TPSA) is 118 Å². The molecule has 2 rings (SSSR count). The maximum atomic E-state index is 12.4. The summed E-state index contributed by atoms with van der Waals surface area (Å²) in [7, 11) is -3.47. The number of rotatable bonds is 8. The van der Waals surface area contributed by atoms with E-state index < -0.39 is 20.9 Å². The number of hydrogen-bond acceptors (Lipinski definition) is 5. The molecule has 9 heteroatoms. The number of nitrogens with zero attached hydrogens (tertiary/aromatic N) is 1. The minimum absolute atomic E-state index is 0.0170. The van der Waals surface area contributed by atoms with Crippen molar-refractivity contribution in [3.8, 4) is 0 Å². The van der Waals surface area contributed by atoms with E-state index in [2.05, 4.69) is 10.0 Å². The molecule has 0 saturated carbocycles. The Labute approximate surface area is 157 Å². The van der Waals surface area contributed by atoms with Crippen molar-refractivity contribution in [1.29, 1.82) is 0 Å². The van der Waals surface area contributed by atoms with Crippen molar-refractivity contribution in [2.24, 2.45) is 0 Å². The van der Waals surface area contributed by atoms with Crippen molar-refractivity contribution in [1.82, 2.24) is 0 Å². The van der Waals surface area contributed by atoms with Gasteiger partial charge in [0, 0.05) is 28.6 Å². The van der Waals surface area contributed by atoms with Crippen molar-refractivity contribution < 1.29 is 18.1 Å². The van der Waals surface area contributed by atoms with Crippen molar-refractivity contribution >= 4 is 33.0 Å². The van der Waals surface area contributed by atoms with Crippen LogP contribution < -0.4 is 10.0 Å². The highest BCUT2D eigenvalue weighted by Crippen LogP contribution is 2.24. The third kappa shape index (κ3) is 5.52. The Balaban J connectivity index is 2.20. The Morgan fingerprint density at radius 2 is 1.85 bits per heavy atom. The molecule has 0 heterocycles. The summed E-state index contributed by atoms with van der Waals surface area (Å²) in [4.78, 5) is 23.1. The van der Waals surface area contributed by atoms with Crippen LogP contribution in [0.4, 0.5) is 17.1 Å². The van der Waals surface area contributed by atoms with Crippen LogP contribution in [0.25, 0.3) is 0 Å². The van der Waals surface area contributed by atoms with Crippen LogP contribution in [0.1, 0.15) is 36.2 Å². The van der Waals surface area contributed by atoms with Crippen molar-refractivity contribution in [3.05, 3.63) is 63.7 Å². The third-order valence-corrected chi connectivity index (χ3v) is 5.28. The molecular weight excluding hydrogens is 370 g/mol. The molecule has 0 saturated heterocycles. The van der Waals surface area contributed by atoms with Gasteiger partial charge in [0.1, 0.15) is 0 Å². The largest absolute Gasteiger partial charge is 0.322 e. The van der Waals surface area contributed by atoms with Crippen LogP contribution in [-0.4, -0.2) is 25.0 Å². The summed E-state index contributed by atoms with van der Waals surface area (Å²) in [5, 5.41) is 13.7. The number of nitrogens with one attached hydrogen (secondary N) is 2. The standard InChI is InChI=1S/C18H21N3O5S/c1-3-10-27(25,26)20-16-7-5-6-14(11-16)18(22)19-15-9-8-13(4-2)17(12-15)21(23)24/h5-9,11-12,20H,3-4,10H2,1-2H3,(H,19,22). The first kappa shape index (κ1) is 20.4. The first-order valence-corrected chi connectivity index (χ1v) is 10.1. The zero-order chi connectivity index (χ0) is 20.0. The van der Waals surface area contributed by atoms with E-state index in [1.807, 2.05) is 6.92 Å². The van der Waals surface area contributed by atoms with Crippen LogP contribution in [0.3, 0.4) is 0 Å². The molecule has 2 aromatic rings. The predicted molar refractivity (Wildman–Crippen MR) is 105 cm³/mol. The molecule has 0 unspecified atom stereocenters. The number of aryl methyl sites for hydroxylation is 1.